The van der Waals surface area contributed by atoms with Crippen LogP contribution in [0.5, 0.6) is 17.2 Å². The van der Waals surface area contributed by atoms with E-state index in [0.29, 0.717) is 12.6 Å². The molecule has 0 aromatic heterocycles. The van der Waals surface area contributed by atoms with Gasteiger partial charge in [0.2, 0.25) is 0 Å². The van der Waals surface area contributed by atoms with Crippen molar-refractivity contribution in [2.24, 2.45) is 0 Å². The van der Waals surface area contributed by atoms with Crippen molar-refractivity contribution in [2.75, 3.05) is 33.9 Å². The molecule has 2 N–H and O–H groups in total. The lowest BCUT2D eigenvalue weighted by molar-refractivity contribution is 0.0937. The van der Waals surface area contributed by atoms with Crippen LogP contribution < -0.4 is 14.8 Å². The second-order valence-electron chi connectivity index (χ2n) is 5.45. The van der Waals surface area contributed by atoms with E-state index in [4.69, 9.17) is 21.1 Å². The van der Waals surface area contributed by atoms with Crippen LogP contribution in [0.3, 0.4) is 0 Å². The summed E-state index contributed by atoms with van der Waals surface area (Å²) in [5.41, 5.74) is 0.0899. The quantitative estimate of drug-likeness (QED) is 0.830. The van der Waals surface area contributed by atoms with E-state index >= 15 is 0 Å². The Balaban J connectivity index is 2.19. The molecule has 0 radical (unpaired) electrons. The summed E-state index contributed by atoms with van der Waals surface area (Å²) in [6, 6.07) is 1.65. The first-order valence-corrected chi connectivity index (χ1v) is 8.06. The maximum atomic E-state index is 12.6. The van der Waals surface area contributed by atoms with Crippen LogP contribution in [0.4, 0.5) is 0 Å². The number of carbonyl (C=O) groups is 1. The minimum absolute atomic E-state index is 0.0482. The van der Waals surface area contributed by atoms with Crippen LogP contribution in [0.25, 0.3) is 0 Å². The Morgan fingerprint density at radius 2 is 2.22 bits per heavy atom. The Morgan fingerprint density at radius 3 is 2.83 bits per heavy atom. The van der Waals surface area contributed by atoms with Crippen molar-refractivity contribution >= 4 is 17.5 Å². The fraction of sp³-hybridized carbons (Fsp3) is 0.562. The number of amides is 1. The van der Waals surface area contributed by atoms with Crippen LogP contribution in [-0.2, 0) is 0 Å². The summed E-state index contributed by atoms with van der Waals surface area (Å²) in [6.45, 7) is 4.66. The van der Waals surface area contributed by atoms with Gasteiger partial charge in [-0.25, -0.2) is 0 Å². The summed E-state index contributed by atoms with van der Waals surface area (Å²) in [7, 11) is 2.80. The van der Waals surface area contributed by atoms with Crippen LogP contribution in [0, 0.1) is 0 Å². The number of carbonyl (C=O) groups excluding carboxylic acids is 1. The highest BCUT2D eigenvalue weighted by Crippen LogP contribution is 2.41. The van der Waals surface area contributed by atoms with E-state index in [1.54, 1.807) is 0 Å². The predicted molar refractivity (Wildman–Crippen MR) is 88.8 cm³/mol. The van der Waals surface area contributed by atoms with E-state index < -0.39 is 0 Å². The van der Waals surface area contributed by atoms with Crippen LogP contribution in [0.2, 0.25) is 5.02 Å². The highest BCUT2D eigenvalue weighted by molar-refractivity contribution is 6.35. The third kappa shape index (κ3) is 3.64. The topological polar surface area (TPSA) is 71.0 Å². The number of nitrogens with zero attached hydrogens (tertiary/aromatic N) is 1. The van der Waals surface area contributed by atoms with Crippen molar-refractivity contribution in [1.29, 1.82) is 0 Å². The molecule has 1 fully saturated rings. The van der Waals surface area contributed by atoms with Gasteiger partial charge in [0.1, 0.15) is 11.3 Å². The molecule has 1 heterocycles. The fourth-order valence-corrected chi connectivity index (χ4v) is 3.31. The number of aromatic hydroxyl groups is 1. The molecule has 0 aliphatic carbocycles. The molecule has 0 saturated carbocycles. The normalized spacial score (nSPS) is 18.0. The fourth-order valence-electron chi connectivity index (χ4n) is 3.00. The number of methoxy groups -OCH3 is 2. The molecule has 1 aliphatic rings. The van der Waals surface area contributed by atoms with Gasteiger partial charge in [-0.05, 0) is 25.9 Å². The van der Waals surface area contributed by atoms with Gasteiger partial charge < -0.3 is 19.9 Å². The maximum Gasteiger partial charge on any atom is 0.256 e. The lowest BCUT2D eigenvalue weighted by atomic mass is 10.1. The van der Waals surface area contributed by atoms with Crippen molar-refractivity contribution in [2.45, 2.75) is 25.8 Å². The number of hydrogen-bond donors (Lipinski definition) is 2. The summed E-state index contributed by atoms with van der Waals surface area (Å²) < 4.78 is 10.2. The van der Waals surface area contributed by atoms with Gasteiger partial charge in [-0.2, -0.15) is 0 Å². The van der Waals surface area contributed by atoms with Gasteiger partial charge in [-0.15, -0.1) is 0 Å². The number of likely N-dealkylation sites (N-methyl/N-ethyl adjacent to an activating group) is 1. The molecule has 128 valence electrons. The van der Waals surface area contributed by atoms with Gasteiger partial charge in [0.25, 0.3) is 5.91 Å². The Hall–Kier alpha value is -1.66. The number of hydrogen-bond acceptors (Lipinski definition) is 5. The lowest BCUT2D eigenvalue weighted by Gasteiger charge is -2.23. The van der Waals surface area contributed by atoms with Gasteiger partial charge in [0.05, 0.1) is 19.2 Å². The number of halogens is 1. The molecule has 1 atom stereocenters. The molecule has 6 nitrogen and oxygen atoms in total. The Kier molecular flexibility index (Phi) is 5.96. The van der Waals surface area contributed by atoms with Crippen molar-refractivity contribution in [1.82, 2.24) is 10.2 Å². The SMILES string of the molecule is CCN1CCC[C@H]1CNC(=O)c1c(Cl)c(OC)cc(O)c1OC. The molecule has 1 aromatic carbocycles. The van der Waals surface area contributed by atoms with Crippen molar-refractivity contribution in [3.8, 4) is 17.2 Å². The van der Waals surface area contributed by atoms with E-state index in [9.17, 15) is 9.90 Å². The summed E-state index contributed by atoms with van der Waals surface area (Å²) in [5, 5.41) is 13.0. The summed E-state index contributed by atoms with van der Waals surface area (Å²) in [6.07, 6.45) is 2.20. The van der Waals surface area contributed by atoms with Gasteiger partial charge in [-0.3, -0.25) is 9.69 Å². The molecular weight excluding hydrogens is 320 g/mol. The van der Waals surface area contributed by atoms with Gasteiger partial charge >= 0.3 is 0 Å². The van der Waals surface area contributed by atoms with Crippen LogP contribution in [-0.4, -0.2) is 55.8 Å². The van der Waals surface area contributed by atoms with E-state index in [2.05, 4.69) is 17.1 Å². The Morgan fingerprint density at radius 1 is 1.48 bits per heavy atom. The molecule has 0 bridgehead atoms. The number of benzene rings is 1. The third-order valence-corrected chi connectivity index (χ3v) is 4.59. The lowest BCUT2D eigenvalue weighted by Crippen LogP contribution is -2.40. The molecule has 2 rings (SSSR count). The first-order valence-electron chi connectivity index (χ1n) is 7.69. The number of phenolic OH excluding ortho intramolecular Hbond substituents is 1. The number of phenols is 1. The van der Waals surface area contributed by atoms with Gasteiger partial charge in [0, 0.05) is 18.7 Å². The second kappa shape index (κ2) is 7.75. The highest BCUT2D eigenvalue weighted by atomic mass is 35.5. The standard InChI is InChI=1S/C16H23ClN2O4/c1-4-19-7-5-6-10(19)9-18-16(21)13-14(17)12(22-2)8-11(20)15(13)23-3/h8,10,20H,4-7,9H2,1-3H3,(H,18,21)/t10-/m0/s1. The zero-order valence-corrected chi connectivity index (χ0v) is 14.4. The third-order valence-electron chi connectivity index (χ3n) is 4.22. The molecule has 1 aromatic rings. The van der Waals surface area contributed by atoms with Gasteiger partial charge in [-0.1, -0.05) is 18.5 Å². The Labute approximate surface area is 141 Å². The molecule has 0 unspecified atom stereocenters. The minimum Gasteiger partial charge on any atom is -0.504 e. The Bertz CT molecular complexity index is 580. The van der Waals surface area contributed by atoms with E-state index in [0.717, 1.165) is 25.9 Å². The zero-order chi connectivity index (χ0) is 17.0. The maximum absolute atomic E-state index is 12.6. The van der Waals surface area contributed by atoms with E-state index in [-0.39, 0.29) is 33.7 Å². The average molecular weight is 343 g/mol. The monoisotopic (exact) mass is 342 g/mol. The van der Waals surface area contributed by atoms with Crippen LogP contribution in [0.1, 0.15) is 30.1 Å². The molecule has 1 saturated heterocycles. The van der Waals surface area contributed by atoms with E-state index in [1.807, 2.05) is 0 Å². The molecular formula is C16H23ClN2O4. The van der Waals surface area contributed by atoms with Crippen LogP contribution >= 0.6 is 11.6 Å². The van der Waals surface area contributed by atoms with Crippen molar-refractivity contribution < 1.29 is 19.4 Å². The second-order valence-corrected chi connectivity index (χ2v) is 5.83. The van der Waals surface area contributed by atoms with Crippen LogP contribution in [0.15, 0.2) is 6.07 Å². The predicted octanol–water partition coefficient (Wildman–Crippen LogP) is 2.28. The van der Waals surface area contributed by atoms with Crippen molar-refractivity contribution in [3.05, 3.63) is 16.7 Å². The summed E-state index contributed by atoms with van der Waals surface area (Å²) in [5.74, 6) is -0.294. The molecule has 1 amide bonds. The zero-order valence-electron chi connectivity index (χ0n) is 13.7. The smallest absolute Gasteiger partial charge is 0.256 e. The number of rotatable bonds is 6. The number of likely N-dealkylation sites (tertiary alicyclic amines) is 1. The first kappa shape index (κ1) is 17.7. The van der Waals surface area contributed by atoms with Crippen molar-refractivity contribution in [3.63, 3.8) is 0 Å². The number of nitrogens with one attached hydrogen (secondary N) is 1. The van der Waals surface area contributed by atoms with Gasteiger partial charge in [0.15, 0.2) is 11.5 Å². The van der Waals surface area contributed by atoms with E-state index in [1.165, 1.54) is 20.3 Å². The highest BCUT2D eigenvalue weighted by Gasteiger charge is 2.27. The largest absolute Gasteiger partial charge is 0.504 e. The summed E-state index contributed by atoms with van der Waals surface area (Å²) in [4.78, 5) is 14.9. The first-order chi connectivity index (χ1) is 11.0. The average Bonchev–Trinajstić information content (AvgIpc) is 3.01. The number of ether oxygens (including phenoxy) is 2. The minimum atomic E-state index is -0.385. The molecule has 23 heavy (non-hydrogen) atoms. The molecule has 0 spiro atoms. The molecule has 1 aliphatic heterocycles. The molecule has 7 heteroatoms. The summed E-state index contributed by atoms with van der Waals surface area (Å²) >= 11 is 6.22.